The Labute approximate surface area is 121 Å². The van der Waals surface area contributed by atoms with Gasteiger partial charge in [-0.15, -0.1) is 0 Å². The van der Waals surface area contributed by atoms with Crippen molar-refractivity contribution < 1.29 is 41.7 Å². The molecule has 0 aromatic carbocycles. The van der Waals surface area contributed by atoms with Crippen molar-refractivity contribution in [3.63, 3.8) is 0 Å². The predicted molar refractivity (Wildman–Crippen MR) is 64.9 cm³/mol. The summed E-state index contributed by atoms with van der Waals surface area (Å²) in [5.74, 6) is 0. The molecule has 1 aliphatic rings. The van der Waals surface area contributed by atoms with Crippen LogP contribution in [0.1, 0.15) is 6.42 Å². The summed E-state index contributed by atoms with van der Waals surface area (Å²) in [6, 6.07) is 0.825. The molecule has 0 saturated carbocycles. The highest BCUT2D eigenvalue weighted by atomic mass is 127. The summed E-state index contributed by atoms with van der Waals surface area (Å²) in [4.78, 5) is 4.10. The van der Waals surface area contributed by atoms with Gasteiger partial charge in [0.1, 0.15) is 6.20 Å². The molecule has 0 N–H and O–H groups in total. The number of quaternary nitrogens is 1. The molecule has 7 heteroatoms. The summed E-state index contributed by atoms with van der Waals surface area (Å²) in [7, 11) is 4.65. The highest BCUT2D eigenvalue weighted by molar-refractivity contribution is 6.60. The second-order valence-electron chi connectivity index (χ2n) is 4.03. The van der Waals surface area contributed by atoms with Crippen LogP contribution in [0.2, 0.25) is 6.04 Å². The second kappa shape index (κ2) is 7.59. The zero-order chi connectivity index (χ0) is 12.1. The zero-order valence-electron chi connectivity index (χ0n) is 10.9. The van der Waals surface area contributed by atoms with E-state index in [0.717, 1.165) is 23.5 Å². The summed E-state index contributed by atoms with van der Waals surface area (Å²) >= 11 is 0. The first-order chi connectivity index (χ1) is 7.60. The van der Waals surface area contributed by atoms with Crippen LogP contribution < -0.4 is 24.0 Å². The van der Waals surface area contributed by atoms with E-state index in [0.29, 0.717) is 0 Å². The maximum atomic E-state index is 5.37. The number of hydrogen-bond acceptors (Lipinski definition) is 4. The lowest BCUT2D eigenvalue weighted by atomic mass is 10.4. The number of hydrogen-bond donors (Lipinski definition) is 0. The molecule has 1 rings (SSSR count). The topological polar surface area (TPSA) is 40.0 Å². The van der Waals surface area contributed by atoms with E-state index < -0.39 is 8.80 Å². The molecular weight excluding hydrogens is 351 g/mol. The predicted octanol–water partition coefficient (Wildman–Crippen LogP) is -1.78. The van der Waals surface area contributed by atoms with Crippen molar-refractivity contribution in [2.75, 3.05) is 34.9 Å². The second-order valence-corrected chi connectivity index (χ2v) is 7.12. The molecule has 0 saturated heterocycles. The largest absolute Gasteiger partial charge is 1.00 e. The fraction of sp³-hybridized carbons (Fsp3) is 0.700. The Balaban J connectivity index is 0.00000256. The number of aliphatic imine (C=N–C) groups is 1. The first kappa shape index (κ1) is 17.2. The Hall–Kier alpha value is 0.197. The van der Waals surface area contributed by atoms with Gasteiger partial charge >= 0.3 is 8.80 Å². The van der Waals surface area contributed by atoms with Gasteiger partial charge in [0.05, 0.1) is 19.8 Å². The molecule has 1 unspecified atom stereocenters. The van der Waals surface area contributed by atoms with Gasteiger partial charge < -0.3 is 37.3 Å². The lowest BCUT2D eigenvalue weighted by Crippen LogP contribution is -3.00. The Bertz CT molecular complexity index is 262. The molecule has 0 aromatic heterocycles. The minimum absolute atomic E-state index is 0. The SMILES string of the molecule is CO[Si](CCC[N+]1(C)C=CN=C1)(OC)OC.[I-]. The minimum atomic E-state index is -2.40. The molecule has 17 heavy (non-hydrogen) atoms. The average Bonchev–Trinajstić information content (AvgIpc) is 2.73. The van der Waals surface area contributed by atoms with Gasteiger partial charge in [-0.2, -0.15) is 0 Å². The molecule has 0 aromatic rings. The van der Waals surface area contributed by atoms with Crippen molar-refractivity contribution in [2.24, 2.45) is 4.99 Å². The van der Waals surface area contributed by atoms with Gasteiger partial charge in [0.15, 0.2) is 6.34 Å². The molecule has 1 atom stereocenters. The van der Waals surface area contributed by atoms with E-state index >= 15 is 0 Å². The Morgan fingerprint density at radius 2 is 1.76 bits per heavy atom. The lowest BCUT2D eigenvalue weighted by Gasteiger charge is -2.26. The van der Waals surface area contributed by atoms with Crippen molar-refractivity contribution in [3.05, 3.63) is 12.4 Å². The minimum Gasteiger partial charge on any atom is -1.00 e. The maximum absolute atomic E-state index is 5.37. The van der Waals surface area contributed by atoms with Crippen molar-refractivity contribution in [1.29, 1.82) is 0 Å². The summed E-state index contributed by atoms with van der Waals surface area (Å²) in [5.41, 5.74) is 0. The van der Waals surface area contributed by atoms with Crippen molar-refractivity contribution in [2.45, 2.75) is 12.5 Å². The van der Waals surface area contributed by atoms with E-state index in [-0.39, 0.29) is 24.0 Å². The van der Waals surface area contributed by atoms with Crippen LogP contribution in [0.25, 0.3) is 0 Å². The Morgan fingerprint density at radius 3 is 2.18 bits per heavy atom. The van der Waals surface area contributed by atoms with Crippen LogP contribution in [0.15, 0.2) is 17.4 Å². The van der Waals surface area contributed by atoms with Crippen LogP contribution in [0.4, 0.5) is 0 Å². The molecule has 1 aliphatic heterocycles. The molecular formula is C10H21IN2O3Si. The van der Waals surface area contributed by atoms with Gasteiger partial charge in [-0.25, -0.2) is 4.99 Å². The standard InChI is InChI=1S/C10H21N2O3Si.HI/c1-12(8-6-11-10-12)7-5-9-16(13-2,14-3)15-4;/h6,8,10H,5,7,9H2,1-4H3;1H/q+1;/p-1. The van der Waals surface area contributed by atoms with Gasteiger partial charge in [0.25, 0.3) is 0 Å². The quantitative estimate of drug-likeness (QED) is 0.301. The van der Waals surface area contributed by atoms with E-state index in [1.807, 2.05) is 12.5 Å². The van der Waals surface area contributed by atoms with E-state index in [1.54, 1.807) is 21.3 Å². The van der Waals surface area contributed by atoms with Gasteiger partial charge in [-0.05, 0) is 0 Å². The highest BCUT2D eigenvalue weighted by Crippen LogP contribution is 2.17. The van der Waals surface area contributed by atoms with Crippen LogP contribution in [0.5, 0.6) is 0 Å². The monoisotopic (exact) mass is 372 g/mol. The molecule has 100 valence electrons. The smallest absolute Gasteiger partial charge is 0.500 e. The van der Waals surface area contributed by atoms with Gasteiger partial charge in [-0.3, -0.25) is 4.48 Å². The summed E-state index contributed by atoms with van der Waals surface area (Å²) < 4.78 is 16.8. The Kier molecular flexibility index (Phi) is 7.68. The van der Waals surface area contributed by atoms with E-state index in [1.165, 1.54) is 0 Å². The summed E-state index contributed by atoms with van der Waals surface area (Å²) in [6.45, 7) is 0.977. The summed E-state index contributed by atoms with van der Waals surface area (Å²) in [6.07, 6.45) is 6.80. The van der Waals surface area contributed by atoms with Crippen LogP contribution in [-0.2, 0) is 13.3 Å². The number of nitrogens with zero attached hydrogens (tertiary/aromatic N) is 2. The lowest BCUT2D eigenvalue weighted by molar-refractivity contribution is -0.756. The molecule has 5 nitrogen and oxygen atoms in total. The van der Waals surface area contributed by atoms with Crippen LogP contribution >= 0.6 is 0 Å². The Morgan fingerprint density at radius 1 is 1.18 bits per heavy atom. The maximum Gasteiger partial charge on any atom is 0.500 e. The van der Waals surface area contributed by atoms with Gasteiger partial charge in [0.2, 0.25) is 0 Å². The van der Waals surface area contributed by atoms with Crippen molar-refractivity contribution in [1.82, 2.24) is 0 Å². The third-order valence-corrected chi connectivity index (χ3v) is 5.71. The van der Waals surface area contributed by atoms with Gasteiger partial charge in [0, 0.05) is 33.8 Å². The molecule has 0 fully saturated rings. The number of halogens is 1. The first-order valence-corrected chi connectivity index (χ1v) is 7.25. The van der Waals surface area contributed by atoms with Crippen LogP contribution in [0, 0.1) is 0 Å². The van der Waals surface area contributed by atoms with Crippen LogP contribution in [-0.4, -0.2) is 54.5 Å². The van der Waals surface area contributed by atoms with E-state index in [4.69, 9.17) is 13.3 Å². The molecule has 0 amide bonds. The molecule has 0 bridgehead atoms. The van der Waals surface area contributed by atoms with E-state index in [9.17, 15) is 0 Å². The third kappa shape index (κ3) is 4.76. The van der Waals surface area contributed by atoms with E-state index in [2.05, 4.69) is 18.2 Å². The van der Waals surface area contributed by atoms with Crippen molar-refractivity contribution in [3.8, 4) is 0 Å². The normalized spacial score (nSPS) is 22.8. The third-order valence-electron chi connectivity index (χ3n) is 2.88. The number of rotatable bonds is 7. The molecule has 0 aliphatic carbocycles. The van der Waals surface area contributed by atoms with Gasteiger partial charge in [-0.1, -0.05) is 0 Å². The fourth-order valence-electron chi connectivity index (χ4n) is 1.74. The zero-order valence-corrected chi connectivity index (χ0v) is 14.0. The fourth-order valence-corrected chi connectivity index (χ4v) is 3.45. The van der Waals surface area contributed by atoms with Crippen molar-refractivity contribution >= 4 is 15.1 Å². The molecule has 0 spiro atoms. The first-order valence-electron chi connectivity index (χ1n) is 5.32. The average molecular weight is 372 g/mol. The van der Waals surface area contributed by atoms with Crippen LogP contribution in [0.3, 0.4) is 0 Å². The highest BCUT2D eigenvalue weighted by Gasteiger charge is 2.38. The summed E-state index contributed by atoms with van der Waals surface area (Å²) in [5, 5.41) is 0. The molecule has 0 radical (unpaired) electrons. The molecule has 1 heterocycles.